The van der Waals surface area contributed by atoms with Crippen LogP contribution in [-0.4, -0.2) is 69.1 Å². The fraction of sp³-hybridized carbons (Fsp3) is 0.306. The zero-order chi connectivity index (χ0) is 34.6. The van der Waals surface area contributed by atoms with E-state index in [9.17, 15) is 29.1 Å². The van der Waals surface area contributed by atoms with Crippen molar-refractivity contribution in [3.8, 4) is 11.1 Å². The SMILES string of the molecule is CC(C)(C)OC(=O)n1cc(C[C@H](NC(=O)OCC2c3ccccc3-c3ccccc32)C(=O)N[C@@H](CCC(=O)O)C(=O)O)c2ccccc21. The highest BCUT2D eigenvalue weighted by atomic mass is 16.6. The number of hydrogen-bond acceptors (Lipinski definition) is 7. The predicted molar refractivity (Wildman–Crippen MR) is 176 cm³/mol. The zero-order valence-corrected chi connectivity index (χ0v) is 26.8. The standard InChI is InChI=1S/C36H37N3O9/c1-36(2,3)48-35(46)39-19-21(22-10-8-9-15-30(22)39)18-29(32(42)37-28(33(43)44)16-17-31(40)41)38-34(45)47-20-27-25-13-6-4-11-23(25)24-12-5-7-14-26(24)27/h4-15,19,27-29H,16-18,20H2,1-3H3,(H,37,42)(H,38,45)(H,40,41)(H,43,44)/t28-,29-/m0/s1. The number of amides is 2. The summed E-state index contributed by atoms with van der Waals surface area (Å²) in [4.78, 5) is 63.0. The van der Waals surface area contributed by atoms with Crippen LogP contribution in [0.2, 0.25) is 0 Å². The van der Waals surface area contributed by atoms with E-state index in [4.69, 9.17) is 14.6 Å². The fourth-order valence-electron chi connectivity index (χ4n) is 5.88. The number of fused-ring (bicyclic) bond motifs is 4. The summed E-state index contributed by atoms with van der Waals surface area (Å²) in [7, 11) is 0. The number of hydrogen-bond donors (Lipinski definition) is 4. The Labute approximate surface area is 276 Å². The first kappa shape index (κ1) is 33.7. The van der Waals surface area contributed by atoms with Gasteiger partial charge in [-0.05, 0) is 61.1 Å². The van der Waals surface area contributed by atoms with Gasteiger partial charge in [-0.2, -0.15) is 0 Å². The highest BCUT2D eigenvalue weighted by Crippen LogP contribution is 2.44. The zero-order valence-electron chi connectivity index (χ0n) is 26.8. The number of para-hydroxylation sites is 1. The second-order valence-corrected chi connectivity index (χ2v) is 12.6. The average molecular weight is 656 g/mol. The summed E-state index contributed by atoms with van der Waals surface area (Å²) in [5.41, 5.74) is 4.30. The number of benzene rings is 3. The molecule has 1 aromatic heterocycles. The second-order valence-electron chi connectivity index (χ2n) is 12.6. The largest absolute Gasteiger partial charge is 0.481 e. The fourth-order valence-corrected chi connectivity index (χ4v) is 5.88. The Morgan fingerprint density at radius 3 is 2.04 bits per heavy atom. The Bertz CT molecular complexity index is 1830. The van der Waals surface area contributed by atoms with E-state index in [1.807, 2.05) is 48.5 Å². The van der Waals surface area contributed by atoms with Gasteiger partial charge in [-0.15, -0.1) is 0 Å². The molecule has 4 aromatic rings. The van der Waals surface area contributed by atoms with Crippen molar-refractivity contribution in [1.82, 2.24) is 15.2 Å². The Morgan fingerprint density at radius 1 is 0.833 bits per heavy atom. The number of carboxylic acids is 2. The molecule has 1 aliphatic carbocycles. The van der Waals surface area contributed by atoms with Crippen LogP contribution in [0.25, 0.3) is 22.0 Å². The van der Waals surface area contributed by atoms with E-state index in [0.717, 1.165) is 22.3 Å². The lowest BCUT2D eigenvalue weighted by molar-refractivity contribution is -0.143. The molecule has 1 heterocycles. The highest BCUT2D eigenvalue weighted by molar-refractivity contribution is 5.94. The van der Waals surface area contributed by atoms with Crippen LogP contribution >= 0.6 is 0 Å². The number of aliphatic carboxylic acids is 2. The number of carbonyl (C=O) groups excluding carboxylic acids is 3. The van der Waals surface area contributed by atoms with Gasteiger partial charge >= 0.3 is 24.1 Å². The maximum Gasteiger partial charge on any atom is 0.419 e. The van der Waals surface area contributed by atoms with Gasteiger partial charge in [-0.25, -0.2) is 14.4 Å². The van der Waals surface area contributed by atoms with Crippen LogP contribution < -0.4 is 10.6 Å². The van der Waals surface area contributed by atoms with E-state index in [1.165, 1.54) is 10.8 Å². The molecule has 0 radical (unpaired) electrons. The second kappa shape index (κ2) is 14.0. The lowest BCUT2D eigenvalue weighted by Gasteiger charge is -2.22. The molecular formula is C36H37N3O9. The van der Waals surface area contributed by atoms with Crippen LogP contribution in [0.1, 0.15) is 56.2 Å². The van der Waals surface area contributed by atoms with E-state index in [0.29, 0.717) is 16.5 Å². The first-order valence-electron chi connectivity index (χ1n) is 15.5. The molecule has 2 atom stereocenters. The normalized spacial score (nSPS) is 13.6. The molecule has 2 amide bonds. The summed E-state index contributed by atoms with van der Waals surface area (Å²) >= 11 is 0. The number of carbonyl (C=O) groups is 5. The summed E-state index contributed by atoms with van der Waals surface area (Å²) in [6.45, 7) is 5.18. The van der Waals surface area contributed by atoms with Crippen molar-refractivity contribution in [3.63, 3.8) is 0 Å². The Balaban J connectivity index is 1.40. The summed E-state index contributed by atoms with van der Waals surface area (Å²) in [5.74, 6) is -3.75. The van der Waals surface area contributed by atoms with Crippen LogP contribution in [0.3, 0.4) is 0 Å². The Kier molecular flexibility index (Phi) is 9.83. The predicted octanol–water partition coefficient (Wildman–Crippen LogP) is 5.31. The molecule has 0 unspecified atom stereocenters. The van der Waals surface area contributed by atoms with Gasteiger partial charge in [0, 0.05) is 30.3 Å². The molecule has 5 rings (SSSR count). The molecule has 12 nitrogen and oxygen atoms in total. The molecule has 0 saturated heterocycles. The maximum atomic E-state index is 13.6. The van der Waals surface area contributed by atoms with Gasteiger partial charge in [-0.3, -0.25) is 14.2 Å². The van der Waals surface area contributed by atoms with Crippen LogP contribution in [0.4, 0.5) is 9.59 Å². The van der Waals surface area contributed by atoms with Gasteiger partial charge in [-0.1, -0.05) is 66.7 Å². The molecule has 0 spiro atoms. The van der Waals surface area contributed by atoms with Crippen LogP contribution in [0, 0.1) is 0 Å². The first-order valence-corrected chi connectivity index (χ1v) is 15.5. The van der Waals surface area contributed by atoms with E-state index in [1.54, 1.807) is 45.0 Å². The number of nitrogens with zero attached hydrogens (tertiary/aromatic N) is 1. The lowest BCUT2D eigenvalue weighted by Crippen LogP contribution is -2.52. The van der Waals surface area contributed by atoms with E-state index in [2.05, 4.69) is 10.6 Å². The minimum atomic E-state index is -1.52. The molecule has 0 bridgehead atoms. The smallest absolute Gasteiger partial charge is 0.419 e. The molecule has 3 aromatic carbocycles. The summed E-state index contributed by atoms with van der Waals surface area (Å²) < 4.78 is 12.5. The molecule has 0 saturated carbocycles. The minimum absolute atomic E-state index is 0.0253. The third kappa shape index (κ3) is 7.65. The Morgan fingerprint density at radius 2 is 1.44 bits per heavy atom. The summed E-state index contributed by atoms with van der Waals surface area (Å²) in [6, 6.07) is 19.7. The quantitative estimate of drug-likeness (QED) is 0.167. The number of alkyl carbamates (subject to hydrolysis) is 1. The first-order chi connectivity index (χ1) is 22.8. The van der Waals surface area contributed by atoms with Crippen molar-refractivity contribution in [3.05, 3.63) is 95.7 Å². The van der Waals surface area contributed by atoms with E-state index < -0.39 is 54.1 Å². The molecule has 0 fully saturated rings. The van der Waals surface area contributed by atoms with Crippen molar-refractivity contribution in [2.45, 2.75) is 63.6 Å². The minimum Gasteiger partial charge on any atom is -0.481 e. The van der Waals surface area contributed by atoms with Crippen molar-refractivity contribution >= 4 is 40.9 Å². The molecule has 12 heteroatoms. The van der Waals surface area contributed by atoms with Gasteiger partial charge in [0.05, 0.1) is 5.52 Å². The van der Waals surface area contributed by atoms with Crippen molar-refractivity contribution in [2.75, 3.05) is 6.61 Å². The van der Waals surface area contributed by atoms with Crippen LogP contribution in [-0.2, 0) is 30.3 Å². The van der Waals surface area contributed by atoms with Gasteiger partial charge < -0.3 is 30.3 Å². The number of carboxylic acid groups (broad SMARTS) is 2. The molecule has 1 aliphatic rings. The summed E-state index contributed by atoms with van der Waals surface area (Å²) in [6.07, 6.45) is -1.06. The van der Waals surface area contributed by atoms with E-state index in [-0.39, 0.29) is 25.4 Å². The van der Waals surface area contributed by atoms with Crippen molar-refractivity contribution in [2.24, 2.45) is 0 Å². The molecule has 250 valence electrons. The number of aromatic nitrogens is 1. The van der Waals surface area contributed by atoms with E-state index >= 15 is 0 Å². The average Bonchev–Trinajstić information content (AvgIpc) is 3.56. The third-order valence-corrected chi connectivity index (χ3v) is 8.02. The van der Waals surface area contributed by atoms with Gasteiger partial charge in [0.2, 0.25) is 5.91 Å². The Hall–Kier alpha value is -5.65. The third-order valence-electron chi connectivity index (χ3n) is 8.02. The van der Waals surface area contributed by atoms with Gasteiger partial charge in [0.1, 0.15) is 24.3 Å². The number of ether oxygens (including phenoxy) is 2. The monoisotopic (exact) mass is 655 g/mol. The van der Waals surface area contributed by atoms with Crippen LogP contribution in [0.5, 0.6) is 0 Å². The van der Waals surface area contributed by atoms with Gasteiger partial charge in [0.25, 0.3) is 0 Å². The molecule has 4 N–H and O–H groups in total. The van der Waals surface area contributed by atoms with Crippen molar-refractivity contribution in [1.29, 1.82) is 0 Å². The van der Waals surface area contributed by atoms with Gasteiger partial charge in [0.15, 0.2) is 0 Å². The number of nitrogens with one attached hydrogen (secondary N) is 2. The maximum absolute atomic E-state index is 13.6. The lowest BCUT2D eigenvalue weighted by atomic mass is 9.98. The van der Waals surface area contributed by atoms with Crippen molar-refractivity contribution < 1.29 is 43.7 Å². The molecule has 0 aliphatic heterocycles. The summed E-state index contributed by atoms with van der Waals surface area (Å²) in [5, 5.41) is 24.3. The topological polar surface area (TPSA) is 173 Å². The number of rotatable bonds is 11. The van der Waals surface area contributed by atoms with Crippen LogP contribution in [0.15, 0.2) is 79.0 Å². The highest BCUT2D eigenvalue weighted by Gasteiger charge is 2.32. The molecule has 48 heavy (non-hydrogen) atoms. The molecular weight excluding hydrogens is 618 g/mol.